The summed E-state index contributed by atoms with van der Waals surface area (Å²) in [6.07, 6.45) is 1.42. The van der Waals surface area contributed by atoms with Gasteiger partial charge in [0.15, 0.2) is 0 Å². The molecule has 5 heteroatoms. The third kappa shape index (κ3) is 3.21. The van der Waals surface area contributed by atoms with Gasteiger partial charge in [0, 0.05) is 24.6 Å². The Kier molecular flexibility index (Phi) is 4.04. The van der Waals surface area contributed by atoms with E-state index in [0.29, 0.717) is 24.5 Å². The van der Waals surface area contributed by atoms with Crippen molar-refractivity contribution >= 4 is 0 Å². The average molecular weight is 242 g/mol. The van der Waals surface area contributed by atoms with Crippen molar-refractivity contribution in [2.75, 3.05) is 13.2 Å². The average Bonchev–Trinajstić information content (AvgIpc) is 2.77. The highest BCUT2D eigenvalue weighted by molar-refractivity contribution is 5.19. The van der Waals surface area contributed by atoms with E-state index in [0.717, 1.165) is 19.1 Å². The van der Waals surface area contributed by atoms with Crippen LogP contribution in [0.2, 0.25) is 0 Å². The van der Waals surface area contributed by atoms with Gasteiger partial charge in [-0.3, -0.25) is 11.3 Å². The molecule has 2 unspecified atom stereocenters. The van der Waals surface area contributed by atoms with Crippen LogP contribution in [0.3, 0.4) is 0 Å². The minimum absolute atomic E-state index is 0.0151. The fraction of sp³-hybridized carbons (Fsp3) is 0.500. The van der Waals surface area contributed by atoms with Crippen LogP contribution in [-0.4, -0.2) is 19.3 Å². The van der Waals surface area contributed by atoms with Gasteiger partial charge in [-0.05, 0) is 30.5 Å². The molecule has 1 saturated heterocycles. The van der Waals surface area contributed by atoms with Crippen molar-refractivity contribution in [3.8, 4) is 0 Å². The number of nitrogens with one attached hydrogen (secondary N) is 1. The van der Waals surface area contributed by atoms with Gasteiger partial charge < -0.3 is 4.74 Å². The summed E-state index contributed by atoms with van der Waals surface area (Å²) in [5.74, 6) is 4.67. The summed E-state index contributed by atoms with van der Waals surface area (Å²) in [6, 6.07) is 3.53. The molecule has 0 aromatic heterocycles. The van der Waals surface area contributed by atoms with Gasteiger partial charge in [0.25, 0.3) is 0 Å². The van der Waals surface area contributed by atoms with E-state index >= 15 is 0 Å². The molecule has 2 atom stereocenters. The Bertz CT molecular complexity index is 361. The summed E-state index contributed by atoms with van der Waals surface area (Å²) in [6.45, 7) is 1.37. The van der Waals surface area contributed by atoms with Gasteiger partial charge >= 0.3 is 0 Å². The van der Waals surface area contributed by atoms with Crippen LogP contribution >= 0.6 is 0 Å². The molecule has 1 aliphatic heterocycles. The third-order valence-electron chi connectivity index (χ3n) is 3.13. The smallest absolute Gasteiger partial charge is 0.126 e. The minimum atomic E-state index is -0.557. The van der Waals surface area contributed by atoms with Crippen LogP contribution in [0.25, 0.3) is 0 Å². The van der Waals surface area contributed by atoms with E-state index in [-0.39, 0.29) is 6.04 Å². The maximum Gasteiger partial charge on any atom is 0.126 e. The quantitative estimate of drug-likeness (QED) is 0.619. The van der Waals surface area contributed by atoms with Gasteiger partial charge in [0.1, 0.15) is 11.6 Å². The first kappa shape index (κ1) is 12.4. The molecule has 3 N–H and O–H groups in total. The van der Waals surface area contributed by atoms with Crippen LogP contribution < -0.4 is 11.3 Å². The van der Waals surface area contributed by atoms with Crippen LogP contribution in [0.5, 0.6) is 0 Å². The summed E-state index contributed by atoms with van der Waals surface area (Å²) in [4.78, 5) is 0. The number of benzene rings is 1. The molecule has 0 saturated carbocycles. The fourth-order valence-electron chi connectivity index (χ4n) is 2.21. The van der Waals surface area contributed by atoms with Crippen molar-refractivity contribution < 1.29 is 13.5 Å². The molecule has 1 heterocycles. The maximum absolute atomic E-state index is 13.0. The second kappa shape index (κ2) is 5.53. The number of ether oxygens (including phenoxy) is 1. The lowest BCUT2D eigenvalue weighted by Crippen LogP contribution is -2.42. The minimum Gasteiger partial charge on any atom is -0.381 e. The number of hydrazine groups is 1. The molecule has 3 nitrogen and oxygen atoms in total. The molecule has 1 aromatic carbocycles. The lowest BCUT2D eigenvalue weighted by atomic mass is 9.93. The molecule has 0 radical (unpaired) electrons. The molecule has 1 aliphatic rings. The van der Waals surface area contributed by atoms with Crippen LogP contribution in [0.15, 0.2) is 18.2 Å². The van der Waals surface area contributed by atoms with E-state index in [2.05, 4.69) is 5.43 Å². The van der Waals surface area contributed by atoms with Gasteiger partial charge in [0.05, 0.1) is 6.61 Å². The van der Waals surface area contributed by atoms with E-state index < -0.39 is 11.6 Å². The van der Waals surface area contributed by atoms with Crippen LogP contribution in [0.1, 0.15) is 12.0 Å². The van der Waals surface area contributed by atoms with E-state index in [1.807, 2.05) is 0 Å². The summed E-state index contributed by atoms with van der Waals surface area (Å²) >= 11 is 0. The number of rotatable bonds is 4. The van der Waals surface area contributed by atoms with E-state index in [4.69, 9.17) is 10.6 Å². The van der Waals surface area contributed by atoms with Gasteiger partial charge in [-0.25, -0.2) is 8.78 Å². The highest BCUT2D eigenvalue weighted by atomic mass is 19.1. The second-order valence-electron chi connectivity index (χ2n) is 4.38. The largest absolute Gasteiger partial charge is 0.381 e. The topological polar surface area (TPSA) is 47.3 Å². The molecule has 0 amide bonds. The molecular weight excluding hydrogens is 226 g/mol. The van der Waals surface area contributed by atoms with Crippen molar-refractivity contribution in [1.82, 2.24) is 5.43 Å². The number of halogens is 2. The highest BCUT2D eigenvalue weighted by Gasteiger charge is 2.25. The van der Waals surface area contributed by atoms with Crippen molar-refractivity contribution in [3.05, 3.63) is 35.4 Å². The van der Waals surface area contributed by atoms with Gasteiger partial charge in [-0.1, -0.05) is 0 Å². The number of hydrogen-bond donors (Lipinski definition) is 2. The Morgan fingerprint density at radius 1 is 1.35 bits per heavy atom. The fourth-order valence-corrected chi connectivity index (χ4v) is 2.21. The molecule has 0 aliphatic carbocycles. The van der Waals surface area contributed by atoms with Gasteiger partial charge in [0.2, 0.25) is 0 Å². The first-order valence-corrected chi connectivity index (χ1v) is 5.68. The lowest BCUT2D eigenvalue weighted by molar-refractivity contribution is 0.176. The third-order valence-corrected chi connectivity index (χ3v) is 3.13. The molecule has 2 rings (SSSR count). The normalized spacial score (nSPS) is 21.7. The maximum atomic E-state index is 13.0. The zero-order chi connectivity index (χ0) is 12.3. The van der Waals surface area contributed by atoms with E-state index in [9.17, 15) is 8.78 Å². The van der Waals surface area contributed by atoms with Crippen LogP contribution in [0, 0.1) is 17.6 Å². The highest BCUT2D eigenvalue weighted by Crippen LogP contribution is 2.20. The molecule has 1 fully saturated rings. The molecule has 0 bridgehead atoms. The lowest BCUT2D eigenvalue weighted by Gasteiger charge is -2.21. The first-order chi connectivity index (χ1) is 8.19. The molecule has 1 aromatic rings. The number of nitrogens with two attached hydrogens (primary N) is 1. The molecule has 94 valence electrons. The Balaban J connectivity index is 2.06. The summed E-state index contributed by atoms with van der Waals surface area (Å²) < 4.78 is 31.4. The van der Waals surface area contributed by atoms with Crippen molar-refractivity contribution in [1.29, 1.82) is 0 Å². The standard InChI is InChI=1S/C12H16F2N2O/c13-10-3-8(4-11(14)6-10)5-12(16-15)9-1-2-17-7-9/h3-4,6,9,12,16H,1-2,5,7,15H2. The summed E-state index contributed by atoms with van der Waals surface area (Å²) in [7, 11) is 0. The van der Waals surface area contributed by atoms with Gasteiger partial charge in [-0.15, -0.1) is 0 Å². The SMILES string of the molecule is NNC(Cc1cc(F)cc(F)c1)C1CCOC1. The Labute approximate surface area is 98.9 Å². The summed E-state index contributed by atoms with van der Waals surface area (Å²) in [5.41, 5.74) is 3.32. The summed E-state index contributed by atoms with van der Waals surface area (Å²) in [5, 5.41) is 0. The van der Waals surface area contributed by atoms with Crippen LogP contribution in [-0.2, 0) is 11.2 Å². The predicted molar refractivity (Wildman–Crippen MR) is 60.1 cm³/mol. The predicted octanol–water partition coefficient (Wildman–Crippen LogP) is 1.38. The zero-order valence-corrected chi connectivity index (χ0v) is 9.46. The van der Waals surface area contributed by atoms with E-state index in [1.54, 1.807) is 0 Å². The Morgan fingerprint density at radius 3 is 2.59 bits per heavy atom. The van der Waals surface area contributed by atoms with Gasteiger partial charge in [-0.2, -0.15) is 0 Å². The first-order valence-electron chi connectivity index (χ1n) is 5.68. The molecule has 17 heavy (non-hydrogen) atoms. The Morgan fingerprint density at radius 2 is 2.06 bits per heavy atom. The zero-order valence-electron chi connectivity index (χ0n) is 9.46. The van der Waals surface area contributed by atoms with Crippen molar-refractivity contribution in [2.24, 2.45) is 11.8 Å². The van der Waals surface area contributed by atoms with Crippen molar-refractivity contribution in [2.45, 2.75) is 18.9 Å². The Hall–Kier alpha value is -1.04. The molecule has 0 spiro atoms. The number of hydrogen-bond acceptors (Lipinski definition) is 3. The van der Waals surface area contributed by atoms with Crippen LogP contribution in [0.4, 0.5) is 8.78 Å². The monoisotopic (exact) mass is 242 g/mol. The molecular formula is C12H16F2N2O. The van der Waals surface area contributed by atoms with Crippen molar-refractivity contribution in [3.63, 3.8) is 0 Å². The van der Waals surface area contributed by atoms with E-state index in [1.165, 1.54) is 12.1 Å². The second-order valence-corrected chi connectivity index (χ2v) is 4.38.